The van der Waals surface area contributed by atoms with Crippen LogP contribution in [0.2, 0.25) is 5.02 Å². The number of nitrogen functional groups attached to an aromatic ring is 1. The summed E-state index contributed by atoms with van der Waals surface area (Å²) in [4.78, 5) is 6.74. The highest BCUT2D eigenvalue weighted by atomic mass is 35.5. The van der Waals surface area contributed by atoms with Gasteiger partial charge in [-0.2, -0.15) is 0 Å². The van der Waals surface area contributed by atoms with Gasteiger partial charge in [0.05, 0.1) is 16.2 Å². The molecule has 1 aromatic heterocycles. The Labute approximate surface area is 153 Å². The quantitative estimate of drug-likeness (QED) is 0.737. The van der Waals surface area contributed by atoms with Crippen molar-refractivity contribution in [1.29, 1.82) is 0 Å². The summed E-state index contributed by atoms with van der Waals surface area (Å²) >= 11 is 6.53. The Morgan fingerprint density at radius 3 is 2.64 bits per heavy atom. The van der Waals surface area contributed by atoms with Crippen LogP contribution in [-0.4, -0.2) is 37.1 Å². The van der Waals surface area contributed by atoms with Gasteiger partial charge in [0.15, 0.2) is 0 Å². The zero-order valence-corrected chi connectivity index (χ0v) is 15.5. The van der Waals surface area contributed by atoms with Crippen LogP contribution in [0.3, 0.4) is 0 Å². The first kappa shape index (κ1) is 17.5. The standard InChI is InChI=1S/C20H22ClN3O/c1-13-19(20(22)16-6-4-5-7-18(16)23-13)15-9-8-14(12-17(15)21)25-11-10-24(2)3/h4-9,12H,10-11H2,1-3H3,(H2,22,23). The molecule has 4 nitrogen and oxygen atoms in total. The fourth-order valence-corrected chi connectivity index (χ4v) is 3.10. The maximum Gasteiger partial charge on any atom is 0.120 e. The first-order valence-corrected chi connectivity index (χ1v) is 8.57. The molecule has 25 heavy (non-hydrogen) atoms. The number of ether oxygens (including phenoxy) is 1. The molecule has 0 aliphatic carbocycles. The van der Waals surface area contributed by atoms with Crippen molar-refractivity contribution in [2.75, 3.05) is 33.0 Å². The largest absolute Gasteiger partial charge is 0.492 e. The highest BCUT2D eigenvalue weighted by Gasteiger charge is 2.15. The van der Waals surface area contributed by atoms with Crippen molar-refractivity contribution in [3.8, 4) is 16.9 Å². The number of benzene rings is 2. The number of fused-ring (bicyclic) bond motifs is 1. The summed E-state index contributed by atoms with van der Waals surface area (Å²) in [5, 5.41) is 1.54. The van der Waals surface area contributed by atoms with Crippen molar-refractivity contribution >= 4 is 28.2 Å². The molecule has 2 N–H and O–H groups in total. The number of anilines is 1. The molecule has 130 valence electrons. The van der Waals surface area contributed by atoms with E-state index in [-0.39, 0.29) is 0 Å². The number of halogens is 1. The topological polar surface area (TPSA) is 51.4 Å². The Kier molecular flexibility index (Phi) is 5.11. The predicted octanol–water partition coefficient (Wildman–Crippen LogP) is 4.39. The van der Waals surface area contributed by atoms with E-state index >= 15 is 0 Å². The normalized spacial score (nSPS) is 11.2. The van der Waals surface area contributed by atoms with Crippen molar-refractivity contribution in [3.05, 3.63) is 53.2 Å². The number of likely N-dealkylation sites (N-methyl/N-ethyl adjacent to an activating group) is 1. The number of hydrogen-bond donors (Lipinski definition) is 1. The van der Waals surface area contributed by atoms with Gasteiger partial charge >= 0.3 is 0 Å². The molecule has 0 unspecified atom stereocenters. The monoisotopic (exact) mass is 355 g/mol. The molecule has 2 aromatic carbocycles. The summed E-state index contributed by atoms with van der Waals surface area (Å²) in [5.74, 6) is 0.751. The second-order valence-electron chi connectivity index (χ2n) is 6.30. The third-order valence-electron chi connectivity index (χ3n) is 4.13. The lowest BCUT2D eigenvalue weighted by atomic mass is 9.99. The molecule has 3 aromatic rings. The van der Waals surface area contributed by atoms with E-state index in [2.05, 4.69) is 9.88 Å². The van der Waals surface area contributed by atoms with E-state index in [0.717, 1.165) is 40.0 Å². The van der Waals surface area contributed by atoms with Crippen molar-refractivity contribution in [2.24, 2.45) is 0 Å². The van der Waals surface area contributed by atoms with Gasteiger partial charge in [-0.15, -0.1) is 0 Å². The molecule has 5 heteroatoms. The molecule has 0 fully saturated rings. The van der Waals surface area contributed by atoms with Crippen LogP contribution in [0.4, 0.5) is 5.69 Å². The fourth-order valence-electron chi connectivity index (χ4n) is 2.84. The molecule has 0 saturated carbocycles. The first-order chi connectivity index (χ1) is 12.0. The van der Waals surface area contributed by atoms with E-state index in [4.69, 9.17) is 22.1 Å². The maximum atomic E-state index is 6.53. The smallest absolute Gasteiger partial charge is 0.120 e. The molecular formula is C20H22ClN3O. The number of hydrogen-bond acceptors (Lipinski definition) is 4. The summed E-state index contributed by atoms with van der Waals surface area (Å²) in [5.41, 5.74) is 10.6. The molecule has 0 amide bonds. The van der Waals surface area contributed by atoms with Crippen LogP contribution >= 0.6 is 11.6 Å². The number of aryl methyl sites for hydroxylation is 1. The van der Waals surface area contributed by atoms with E-state index in [1.54, 1.807) is 0 Å². The highest BCUT2D eigenvalue weighted by Crippen LogP contribution is 2.38. The Hall–Kier alpha value is -2.30. The zero-order valence-electron chi connectivity index (χ0n) is 14.7. The van der Waals surface area contributed by atoms with E-state index < -0.39 is 0 Å². The average molecular weight is 356 g/mol. The van der Waals surface area contributed by atoms with Crippen LogP contribution in [0.15, 0.2) is 42.5 Å². The van der Waals surface area contributed by atoms with Crippen molar-refractivity contribution < 1.29 is 4.74 Å². The van der Waals surface area contributed by atoms with Gasteiger partial charge in [-0.1, -0.05) is 29.8 Å². The van der Waals surface area contributed by atoms with E-state index in [9.17, 15) is 0 Å². The molecule has 0 atom stereocenters. The van der Waals surface area contributed by atoms with Gasteiger partial charge in [-0.3, -0.25) is 4.98 Å². The highest BCUT2D eigenvalue weighted by molar-refractivity contribution is 6.33. The number of nitrogens with two attached hydrogens (primary N) is 1. The summed E-state index contributed by atoms with van der Waals surface area (Å²) < 4.78 is 5.75. The molecule has 3 rings (SSSR count). The van der Waals surface area contributed by atoms with E-state index in [0.29, 0.717) is 17.3 Å². The van der Waals surface area contributed by atoms with Gasteiger partial charge in [0.25, 0.3) is 0 Å². The summed E-state index contributed by atoms with van der Waals surface area (Å²) in [6.45, 7) is 3.41. The Balaban J connectivity index is 1.98. The van der Waals surface area contributed by atoms with Gasteiger partial charge in [0.2, 0.25) is 0 Å². The minimum absolute atomic E-state index is 0.606. The summed E-state index contributed by atoms with van der Waals surface area (Å²) in [6, 6.07) is 13.6. The van der Waals surface area contributed by atoms with Gasteiger partial charge in [-0.05, 0) is 45.3 Å². The molecule has 0 saturated heterocycles. The van der Waals surface area contributed by atoms with Crippen LogP contribution in [0.5, 0.6) is 5.75 Å². The molecule has 0 radical (unpaired) electrons. The lowest BCUT2D eigenvalue weighted by Crippen LogP contribution is -2.19. The minimum atomic E-state index is 0.606. The van der Waals surface area contributed by atoms with Gasteiger partial charge in [0.1, 0.15) is 12.4 Å². The van der Waals surface area contributed by atoms with Crippen molar-refractivity contribution in [1.82, 2.24) is 9.88 Å². The van der Waals surface area contributed by atoms with Crippen LogP contribution in [0.25, 0.3) is 22.0 Å². The third-order valence-corrected chi connectivity index (χ3v) is 4.44. The number of pyridine rings is 1. The van der Waals surface area contributed by atoms with Crippen molar-refractivity contribution in [2.45, 2.75) is 6.92 Å². The second-order valence-corrected chi connectivity index (χ2v) is 6.70. The minimum Gasteiger partial charge on any atom is -0.492 e. The van der Waals surface area contributed by atoms with Crippen molar-refractivity contribution in [3.63, 3.8) is 0 Å². The number of para-hydroxylation sites is 1. The van der Waals surface area contributed by atoms with Crippen LogP contribution in [0, 0.1) is 6.92 Å². The van der Waals surface area contributed by atoms with Crippen LogP contribution in [0.1, 0.15) is 5.69 Å². The summed E-state index contributed by atoms with van der Waals surface area (Å²) in [6.07, 6.45) is 0. The Morgan fingerprint density at radius 1 is 1.16 bits per heavy atom. The molecule has 1 heterocycles. The summed E-state index contributed by atoms with van der Waals surface area (Å²) in [7, 11) is 4.02. The third kappa shape index (κ3) is 3.70. The maximum absolute atomic E-state index is 6.53. The zero-order chi connectivity index (χ0) is 18.0. The van der Waals surface area contributed by atoms with Crippen LogP contribution in [-0.2, 0) is 0 Å². The molecule has 0 bridgehead atoms. The van der Waals surface area contributed by atoms with E-state index in [1.165, 1.54) is 0 Å². The molecule has 0 aliphatic heterocycles. The molecular weight excluding hydrogens is 334 g/mol. The number of rotatable bonds is 5. The van der Waals surface area contributed by atoms with Gasteiger partial charge in [-0.25, -0.2) is 0 Å². The fraction of sp³-hybridized carbons (Fsp3) is 0.250. The number of aromatic nitrogens is 1. The van der Waals surface area contributed by atoms with Crippen LogP contribution < -0.4 is 10.5 Å². The average Bonchev–Trinajstić information content (AvgIpc) is 2.56. The van der Waals surface area contributed by atoms with Gasteiger partial charge in [0, 0.05) is 28.8 Å². The number of nitrogens with zero attached hydrogens (tertiary/aromatic N) is 2. The first-order valence-electron chi connectivity index (χ1n) is 8.19. The molecule has 0 aliphatic rings. The Bertz CT molecular complexity index is 909. The van der Waals surface area contributed by atoms with Gasteiger partial charge < -0.3 is 15.4 Å². The second kappa shape index (κ2) is 7.30. The Morgan fingerprint density at radius 2 is 1.92 bits per heavy atom. The lowest BCUT2D eigenvalue weighted by Gasteiger charge is -2.15. The SMILES string of the molecule is Cc1nc2ccccc2c(N)c1-c1ccc(OCCN(C)C)cc1Cl. The lowest BCUT2D eigenvalue weighted by molar-refractivity contribution is 0.261. The predicted molar refractivity (Wildman–Crippen MR) is 105 cm³/mol. The van der Waals surface area contributed by atoms with E-state index in [1.807, 2.05) is 63.5 Å². The molecule has 0 spiro atoms.